The van der Waals surface area contributed by atoms with E-state index >= 15 is 0 Å². The van der Waals surface area contributed by atoms with E-state index in [9.17, 15) is 4.79 Å². The summed E-state index contributed by atoms with van der Waals surface area (Å²) in [4.78, 5) is 13.4. The molecule has 0 aromatic carbocycles. The van der Waals surface area contributed by atoms with E-state index in [1.807, 2.05) is 20.8 Å². The van der Waals surface area contributed by atoms with Gasteiger partial charge in [-0.2, -0.15) is 0 Å². The van der Waals surface area contributed by atoms with Gasteiger partial charge in [-0.25, -0.2) is 4.79 Å². The fourth-order valence-corrected chi connectivity index (χ4v) is 2.52. The van der Waals surface area contributed by atoms with Crippen LogP contribution in [0.1, 0.15) is 59.8 Å². The van der Waals surface area contributed by atoms with Gasteiger partial charge >= 0.3 is 6.09 Å². The monoisotopic (exact) mass is 284 g/mol. The molecule has 1 N–H and O–H groups in total. The number of hydrogen-bond acceptors (Lipinski definition) is 3. The number of carbonyl (C=O) groups excluding carboxylic acids is 1. The molecular weight excluding hydrogens is 252 g/mol. The molecule has 0 aromatic rings. The van der Waals surface area contributed by atoms with Crippen LogP contribution in [0.3, 0.4) is 0 Å². The minimum Gasteiger partial charge on any atom is -0.444 e. The summed E-state index contributed by atoms with van der Waals surface area (Å²) in [5.41, 5.74) is -0.414. The molecule has 1 aliphatic carbocycles. The average Bonchev–Trinajstić information content (AvgIpc) is 2.34. The van der Waals surface area contributed by atoms with Crippen molar-refractivity contribution in [3.63, 3.8) is 0 Å². The molecule has 20 heavy (non-hydrogen) atoms. The van der Waals surface area contributed by atoms with Crippen molar-refractivity contribution in [2.24, 2.45) is 5.92 Å². The van der Waals surface area contributed by atoms with E-state index in [1.54, 1.807) is 11.9 Å². The van der Waals surface area contributed by atoms with Crippen molar-refractivity contribution in [2.45, 2.75) is 71.4 Å². The van der Waals surface area contributed by atoms with Gasteiger partial charge in [0.2, 0.25) is 0 Å². The predicted molar refractivity (Wildman–Crippen MR) is 82.9 cm³/mol. The maximum atomic E-state index is 11.8. The van der Waals surface area contributed by atoms with Crippen LogP contribution in [0.15, 0.2) is 0 Å². The van der Waals surface area contributed by atoms with Gasteiger partial charge in [-0.3, -0.25) is 0 Å². The van der Waals surface area contributed by atoms with Gasteiger partial charge in [0.15, 0.2) is 0 Å². The summed E-state index contributed by atoms with van der Waals surface area (Å²) in [5.74, 6) is 0.895. The molecule has 0 spiro atoms. The lowest BCUT2D eigenvalue weighted by atomic mass is 9.87. The number of rotatable bonds is 5. The second-order valence-corrected chi connectivity index (χ2v) is 7.17. The molecule has 1 rings (SSSR count). The Kier molecular flexibility index (Phi) is 6.80. The Bertz CT molecular complexity index is 291. The van der Waals surface area contributed by atoms with Gasteiger partial charge in [0.1, 0.15) is 5.60 Å². The van der Waals surface area contributed by atoms with E-state index in [0.717, 1.165) is 25.4 Å². The van der Waals surface area contributed by atoms with Crippen LogP contribution in [-0.2, 0) is 4.74 Å². The van der Waals surface area contributed by atoms with E-state index in [1.165, 1.54) is 25.7 Å². The third-order valence-electron chi connectivity index (χ3n) is 3.82. The zero-order chi connectivity index (χ0) is 15.2. The molecule has 118 valence electrons. The summed E-state index contributed by atoms with van der Waals surface area (Å²) in [5, 5.41) is 3.61. The third kappa shape index (κ3) is 7.13. The zero-order valence-corrected chi connectivity index (χ0v) is 13.9. The molecule has 0 saturated heterocycles. The van der Waals surface area contributed by atoms with Crippen LogP contribution < -0.4 is 5.32 Å². The van der Waals surface area contributed by atoms with Gasteiger partial charge in [-0.15, -0.1) is 0 Å². The Labute approximate surface area is 124 Å². The van der Waals surface area contributed by atoms with E-state index in [-0.39, 0.29) is 6.09 Å². The summed E-state index contributed by atoms with van der Waals surface area (Å²) in [7, 11) is 1.80. The molecule has 1 amide bonds. The molecule has 4 nitrogen and oxygen atoms in total. The quantitative estimate of drug-likeness (QED) is 0.787. The molecule has 0 heterocycles. The zero-order valence-electron chi connectivity index (χ0n) is 13.9. The van der Waals surface area contributed by atoms with Crippen molar-refractivity contribution in [3.8, 4) is 0 Å². The number of ether oxygens (including phenoxy) is 1. The third-order valence-corrected chi connectivity index (χ3v) is 3.82. The molecule has 4 heteroatoms. The van der Waals surface area contributed by atoms with Gasteiger partial charge in [0.25, 0.3) is 0 Å². The maximum absolute atomic E-state index is 11.8. The van der Waals surface area contributed by atoms with Crippen LogP contribution in [0.4, 0.5) is 4.79 Å². The molecule has 1 aliphatic rings. The summed E-state index contributed by atoms with van der Waals surface area (Å²) in [6.45, 7) is 9.74. The second kappa shape index (κ2) is 7.87. The number of hydrogen-bond donors (Lipinski definition) is 1. The minimum absolute atomic E-state index is 0.232. The molecule has 1 fully saturated rings. The molecule has 1 saturated carbocycles. The van der Waals surface area contributed by atoms with Gasteiger partial charge < -0.3 is 15.0 Å². The Morgan fingerprint density at radius 1 is 1.25 bits per heavy atom. The van der Waals surface area contributed by atoms with E-state index in [0.29, 0.717) is 6.04 Å². The SMILES string of the molecule is CC1CCC(NCCCN(C)C(=O)OC(C)(C)C)CC1. The highest BCUT2D eigenvalue weighted by Crippen LogP contribution is 2.23. The van der Waals surface area contributed by atoms with Crippen LogP contribution in [0.5, 0.6) is 0 Å². The smallest absolute Gasteiger partial charge is 0.410 e. The van der Waals surface area contributed by atoms with Crippen molar-refractivity contribution in [1.29, 1.82) is 0 Å². The van der Waals surface area contributed by atoms with Crippen molar-refractivity contribution in [3.05, 3.63) is 0 Å². The molecule has 0 bridgehead atoms. The van der Waals surface area contributed by atoms with Crippen LogP contribution >= 0.6 is 0 Å². The summed E-state index contributed by atoms with van der Waals surface area (Å²) in [6.07, 6.45) is 6.02. The van der Waals surface area contributed by atoms with Gasteiger partial charge in [0, 0.05) is 19.6 Å². The van der Waals surface area contributed by atoms with Gasteiger partial charge in [-0.1, -0.05) is 6.92 Å². The second-order valence-electron chi connectivity index (χ2n) is 7.17. The normalized spacial score (nSPS) is 23.4. The molecule has 0 unspecified atom stereocenters. The Hall–Kier alpha value is -0.770. The number of nitrogens with zero attached hydrogens (tertiary/aromatic N) is 1. The first kappa shape index (κ1) is 17.3. The average molecular weight is 284 g/mol. The Morgan fingerprint density at radius 3 is 2.40 bits per heavy atom. The molecule has 0 radical (unpaired) electrons. The minimum atomic E-state index is -0.414. The first-order valence-corrected chi connectivity index (χ1v) is 7.95. The first-order valence-electron chi connectivity index (χ1n) is 7.95. The van der Waals surface area contributed by atoms with Gasteiger partial charge in [-0.05, 0) is 65.3 Å². The van der Waals surface area contributed by atoms with Crippen molar-refractivity contribution in [2.75, 3.05) is 20.1 Å². The lowest BCUT2D eigenvalue weighted by molar-refractivity contribution is 0.0297. The van der Waals surface area contributed by atoms with Gasteiger partial charge in [0.05, 0.1) is 0 Å². The van der Waals surface area contributed by atoms with E-state index in [4.69, 9.17) is 4.74 Å². The van der Waals surface area contributed by atoms with Crippen LogP contribution in [0.25, 0.3) is 0 Å². The Balaban J connectivity index is 2.10. The van der Waals surface area contributed by atoms with Crippen molar-refractivity contribution in [1.82, 2.24) is 10.2 Å². The number of nitrogens with one attached hydrogen (secondary N) is 1. The Morgan fingerprint density at radius 2 is 1.85 bits per heavy atom. The highest BCUT2D eigenvalue weighted by molar-refractivity contribution is 5.67. The van der Waals surface area contributed by atoms with E-state index in [2.05, 4.69) is 12.2 Å². The predicted octanol–water partition coefficient (Wildman–Crippen LogP) is 3.41. The standard InChI is InChI=1S/C16H32N2O2/c1-13-7-9-14(10-8-13)17-11-6-12-18(5)15(19)20-16(2,3)4/h13-14,17H,6-12H2,1-5H3. The fourth-order valence-electron chi connectivity index (χ4n) is 2.52. The number of amides is 1. The summed E-state index contributed by atoms with van der Waals surface area (Å²) >= 11 is 0. The fraction of sp³-hybridized carbons (Fsp3) is 0.938. The maximum Gasteiger partial charge on any atom is 0.410 e. The van der Waals surface area contributed by atoms with Crippen LogP contribution in [0, 0.1) is 5.92 Å². The molecule has 0 aromatic heterocycles. The molecule has 0 atom stereocenters. The van der Waals surface area contributed by atoms with Crippen molar-refractivity contribution >= 4 is 6.09 Å². The molecule has 0 aliphatic heterocycles. The lowest BCUT2D eigenvalue weighted by Gasteiger charge is -2.27. The molecular formula is C16H32N2O2. The topological polar surface area (TPSA) is 41.6 Å². The van der Waals surface area contributed by atoms with Crippen LogP contribution in [0.2, 0.25) is 0 Å². The summed E-state index contributed by atoms with van der Waals surface area (Å²) < 4.78 is 5.32. The lowest BCUT2D eigenvalue weighted by Crippen LogP contribution is -2.37. The van der Waals surface area contributed by atoms with Crippen molar-refractivity contribution < 1.29 is 9.53 Å². The first-order chi connectivity index (χ1) is 9.28. The van der Waals surface area contributed by atoms with E-state index < -0.39 is 5.60 Å². The highest BCUT2D eigenvalue weighted by Gasteiger charge is 2.20. The van der Waals surface area contributed by atoms with Crippen LogP contribution in [-0.4, -0.2) is 42.8 Å². The number of carbonyl (C=O) groups is 1. The summed E-state index contributed by atoms with van der Waals surface area (Å²) in [6, 6.07) is 0.679. The highest BCUT2D eigenvalue weighted by atomic mass is 16.6. The largest absolute Gasteiger partial charge is 0.444 e.